The zero-order valence-corrected chi connectivity index (χ0v) is 14.1. The van der Waals surface area contributed by atoms with Gasteiger partial charge in [-0.3, -0.25) is 4.21 Å². The van der Waals surface area contributed by atoms with Crippen LogP contribution < -0.4 is 4.72 Å². The van der Waals surface area contributed by atoms with Gasteiger partial charge in [0.05, 0.1) is 9.79 Å². The zero-order chi connectivity index (χ0) is 15.7. The highest BCUT2D eigenvalue weighted by Gasteiger charge is 2.25. The van der Waals surface area contributed by atoms with Crippen molar-refractivity contribution in [2.75, 3.05) is 11.5 Å². The molecule has 0 atom stereocenters. The molecular formula is C11H14ClNO5S3. The lowest BCUT2D eigenvalue weighted by Gasteiger charge is -2.22. The van der Waals surface area contributed by atoms with Crippen LogP contribution in [0.15, 0.2) is 34.1 Å². The molecule has 1 N–H and O–H groups in total. The van der Waals surface area contributed by atoms with Gasteiger partial charge in [0.15, 0.2) is 0 Å². The molecule has 10 heteroatoms. The molecule has 0 amide bonds. The molecule has 0 saturated carbocycles. The number of benzene rings is 1. The van der Waals surface area contributed by atoms with Gasteiger partial charge in [0.25, 0.3) is 9.05 Å². The highest BCUT2D eigenvalue weighted by atomic mass is 35.7. The monoisotopic (exact) mass is 371 g/mol. The van der Waals surface area contributed by atoms with Crippen LogP contribution >= 0.6 is 10.7 Å². The summed E-state index contributed by atoms with van der Waals surface area (Å²) in [4.78, 5) is -0.423. The van der Waals surface area contributed by atoms with E-state index in [1.807, 2.05) is 0 Å². The molecule has 0 spiro atoms. The first-order valence-corrected chi connectivity index (χ1v) is 11.4. The van der Waals surface area contributed by atoms with Crippen LogP contribution in [0, 0.1) is 0 Å². The van der Waals surface area contributed by atoms with Gasteiger partial charge in [-0.25, -0.2) is 21.6 Å². The Bertz CT molecular complexity index is 750. The average Bonchev–Trinajstić information content (AvgIpc) is 2.40. The molecule has 0 aromatic heterocycles. The van der Waals surface area contributed by atoms with E-state index in [9.17, 15) is 21.0 Å². The summed E-state index contributed by atoms with van der Waals surface area (Å²) in [5.41, 5.74) is 0. The lowest BCUT2D eigenvalue weighted by atomic mass is 10.2. The highest BCUT2D eigenvalue weighted by molar-refractivity contribution is 8.13. The van der Waals surface area contributed by atoms with Gasteiger partial charge in [-0.05, 0) is 31.0 Å². The summed E-state index contributed by atoms with van der Waals surface area (Å²) >= 11 is 0. The van der Waals surface area contributed by atoms with Gasteiger partial charge in [-0.15, -0.1) is 0 Å². The molecule has 21 heavy (non-hydrogen) atoms. The predicted molar refractivity (Wildman–Crippen MR) is 80.7 cm³/mol. The summed E-state index contributed by atoms with van der Waals surface area (Å²) < 4.78 is 60.7. The Morgan fingerprint density at radius 3 is 2.24 bits per heavy atom. The Morgan fingerprint density at radius 2 is 1.67 bits per heavy atom. The van der Waals surface area contributed by atoms with E-state index in [2.05, 4.69) is 4.72 Å². The molecular weight excluding hydrogens is 358 g/mol. The van der Waals surface area contributed by atoms with Crippen molar-refractivity contribution in [3.63, 3.8) is 0 Å². The van der Waals surface area contributed by atoms with Gasteiger partial charge in [0.2, 0.25) is 10.0 Å². The number of hydrogen-bond donors (Lipinski definition) is 1. The maximum Gasteiger partial charge on any atom is 0.261 e. The van der Waals surface area contributed by atoms with Gasteiger partial charge >= 0.3 is 0 Å². The summed E-state index contributed by atoms with van der Waals surface area (Å²) in [5, 5.41) is 0. The highest BCUT2D eigenvalue weighted by Crippen LogP contribution is 2.20. The van der Waals surface area contributed by atoms with Crippen molar-refractivity contribution in [2.24, 2.45) is 0 Å². The van der Waals surface area contributed by atoms with Crippen molar-refractivity contribution in [1.29, 1.82) is 0 Å². The molecule has 0 unspecified atom stereocenters. The average molecular weight is 372 g/mol. The van der Waals surface area contributed by atoms with E-state index in [-0.39, 0.29) is 15.8 Å². The molecule has 1 aliphatic rings. The number of sulfonamides is 1. The van der Waals surface area contributed by atoms with E-state index >= 15 is 0 Å². The van der Waals surface area contributed by atoms with Crippen molar-refractivity contribution < 1.29 is 21.0 Å². The van der Waals surface area contributed by atoms with Gasteiger partial charge < -0.3 is 0 Å². The molecule has 0 aliphatic carbocycles. The number of hydrogen-bond acceptors (Lipinski definition) is 5. The molecule has 1 aliphatic heterocycles. The van der Waals surface area contributed by atoms with Crippen molar-refractivity contribution in [3.05, 3.63) is 24.3 Å². The maximum absolute atomic E-state index is 12.2. The lowest BCUT2D eigenvalue weighted by molar-refractivity contribution is 0.521. The first kappa shape index (κ1) is 16.9. The van der Waals surface area contributed by atoms with Gasteiger partial charge in [0.1, 0.15) is 0 Å². The van der Waals surface area contributed by atoms with Crippen LogP contribution in [0.3, 0.4) is 0 Å². The fraction of sp³-hybridized carbons (Fsp3) is 0.455. The van der Waals surface area contributed by atoms with Crippen LogP contribution in [-0.2, 0) is 29.9 Å². The molecule has 118 valence electrons. The van der Waals surface area contributed by atoms with E-state index in [4.69, 9.17) is 10.7 Å². The van der Waals surface area contributed by atoms with Crippen LogP contribution in [0.5, 0.6) is 0 Å². The lowest BCUT2D eigenvalue weighted by Crippen LogP contribution is -2.39. The van der Waals surface area contributed by atoms with E-state index < -0.39 is 29.9 Å². The van der Waals surface area contributed by atoms with E-state index in [0.29, 0.717) is 24.3 Å². The summed E-state index contributed by atoms with van der Waals surface area (Å²) in [6.07, 6.45) is 0.999. The molecule has 0 bridgehead atoms. The Balaban J connectivity index is 2.22. The minimum atomic E-state index is -3.99. The second kappa shape index (κ2) is 6.33. The van der Waals surface area contributed by atoms with E-state index in [1.54, 1.807) is 0 Å². The molecule has 1 saturated heterocycles. The number of rotatable bonds is 4. The Labute approximate surface area is 130 Å². The number of nitrogens with one attached hydrogen (secondary N) is 1. The second-order valence-electron chi connectivity index (χ2n) is 4.66. The molecule has 6 nitrogen and oxygen atoms in total. The van der Waals surface area contributed by atoms with E-state index in [1.165, 1.54) is 18.2 Å². The fourth-order valence-corrected chi connectivity index (χ4v) is 5.51. The largest absolute Gasteiger partial charge is 0.261 e. The minimum absolute atomic E-state index is 0.157. The standard InChI is InChI=1S/C11H14ClNO5S3/c12-20(15,16)10-2-1-3-11(8-10)21(17,18)13-9-4-6-19(14)7-5-9/h1-3,8-9,13H,4-7H2. The summed E-state index contributed by atoms with van der Waals surface area (Å²) in [5.74, 6) is 0.923. The normalized spacial score (nSPS) is 23.9. The van der Waals surface area contributed by atoms with Crippen LogP contribution in [0.4, 0.5) is 0 Å². The van der Waals surface area contributed by atoms with Crippen LogP contribution in [0.2, 0.25) is 0 Å². The smallest absolute Gasteiger partial charge is 0.260 e. The first-order valence-electron chi connectivity index (χ1n) is 6.10. The van der Waals surface area contributed by atoms with Crippen molar-refractivity contribution >= 4 is 40.6 Å². The van der Waals surface area contributed by atoms with Crippen LogP contribution in [-0.4, -0.2) is 38.6 Å². The van der Waals surface area contributed by atoms with Crippen molar-refractivity contribution in [1.82, 2.24) is 4.72 Å². The summed E-state index contributed by atoms with van der Waals surface area (Å²) in [6, 6.07) is 4.58. The summed E-state index contributed by atoms with van der Waals surface area (Å²) in [7, 11) is -3.49. The van der Waals surface area contributed by atoms with Crippen molar-refractivity contribution in [3.8, 4) is 0 Å². The SMILES string of the molecule is O=S1CCC(NS(=O)(=O)c2cccc(S(=O)(=O)Cl)c2)CC1. The van der Waals surface area contributed by atoms with Crippen molar-refractivity contribution in [2.45, 2.75) is 28.7 Å². The molecule has 1 fully saturated rings. The molecule has 1 aromatic carbocycles. The third kappa shape index (κ3) is 4.49. The molecule has 2 rings (SSSR count). The zero-order valence-electron chi connectivity index (χ0n) is 10.9. The minimum Gasteiger partial charge on any atom is -0.260 e. The van der Waals surface area contributed by atoms with Gasteiger partial charge in [-0.2, -0.15) is 0 Å². The Hall–Kier alpha value is -0.480. The third-order valence-corrected chi connectivity index (χ3v) is 7.36. The molecule has 1 heterocycles. The fourth-order valence-electron chi connectivity index (χ4n) is 1.99. The summed E-state index contributed by atoms with van der Waals surface area (Å²) in [6.45, 7) is 0. The Morgan fingerprint density at radius 1 is 1.10 bits per heavy atom. The maximum atomic E-state index is 12.2. The predicted octanol–water partition coefficient (Wildman–Crippen LogP) is 0.804. The van der Waals surface area contributed by atoms with Gasteiger partial charge in [0, 0.05) is 39.0 Å². The molecule has 0 radical (unpaired) electrons. The van der Waals surface area contributed by atoms with Gasteiger partial charge in [-0.1, -0.05) is 6.07 Å². The second-order valence-corrected chi connectivity index (χ2v) is 10.6. The quantitative estimate of drug-likeness (QED) is 0.789. The Kier molecular flexibility index (Phi) is 5.09. The van der Waals surface area contributed by atoms with Crippen LogP contribution in [0.1, 0.15) is 12.8 Å². The topological polar surface area (TPSA) is 97.4 Å². The molecule has 1 aromatic rings. The van der Waals surface area contributed by atoms with E-state index in [0.717, 1.165) is 6.07 Å². The van der Waals surface area contributed by atoms with Crippen LogP contribution in [0.25, 0.3) is 0 Å². The number of halogens is 1. The third-order valence-electron chi connectivity index (χ3n) is 3.11. The first-order chi connectivity index (χ1) is 9.68.